The van der Waals surface area contributed by atoms with Gasteiger partial charge in [0, 0.05) is 173 Å². The number of phenols is 4. The first kappa shape index (κ1) is 93.6. The van der Waals surface area contributed by atoms with Crippen molar-refractivity contribution in [3.05, 3.63) is 210 Å². The Hall–Kier alpha value is -11.7. The fourth-order valence-corrected chi connectivity index (χ4v) is 14.7. The number of rotatable bonds is 48. The molecule has 0 saturated carbocycles. The number of likely N-dealkylation sites (N-methyl/N-ethyl adjacent to an activating group) is 4. The summed E-state index contributed by atoms with van der Waals surface area (Å²) in [6.45, 7) is 12.2. The molecular weight excluding hydrogens is 1570 g/mol. The minimum Gasteiger partial charge on any atom is -0.507 e. The molecule has 4 aliphatic carbocycles. The van der Waals surface area contributed by atoms with E-state index in [9.17, 15) is 58.8 Å². The van der Waals surface area contributed by atoms with Gasteiger partial charge in [-0.2, -0.15) is 0 Å². The van der Waals surface area contributed by atoms with Crippen molar-refractivity contribution >= 4 is 91.8 Å². The highest BCUT2D eigenvalue weighted by molar-refractivity contribution is 6.36. The molecule has 656 valence electrons. The highest BCUT2D eigenvalue weighted by Crippen LogP contribution is 2.45. The first-order valence-electron chi connectivity index (χ1n) is 41.3. The maximum absolute atomic E-state index is 13.8. The Labute approximate surface area is 718 Å². The number of nitrogens with zero attached hydrogens (tertiary/aromatic N) is 4. The Kier molecular flexibility index (Phi) is 34.6. The fourth-order valence-electron chi connectivity index (χ4n) is 14.7. The number of ether oxygens (including phenoxy) is 6. The molecule has 0 heterocycles. The second kappa shape index (κ2) is 45.4. The van der Waals surface area contributed by atoms with E-state index in [1.54, 1.807) is 48.5 Å². The van der Waals surface area contributed by atoms with E-state index >= 15 is 0 Å². The highest BCUT2D eigenvalue weighted by Gasteiger charge is 2.41. The normalized spacial score (nSPS) is 12.8. The number of aromatic hydroxyl groups is 4. The number of carbonyl (C=O) groups excluding carboxylic acids is 8. The maximum Gasteiger partial charge on any atom is 0.200 e. The molecule has 0 unspecified atom stereocenters. The number of hydrogen-bond donors (Lipinski definition) is 12. The van der Waals surface area contributed by atoms with Crippen molar-refractivity contribution < 1.29 is 87.2 Å². The molecule has 123 heavy (non-hydrogen) atoms. The van der Waals surface area contributed by atoms with E-state index in [1.807, 2.05) is 103 Å². The Bertz CT molecular complexity index is 4800. The van der Waals surface area contributed by atoms with E-state index in [4.69, 9.17) is 28.4 Å². The first-order chi connectivity index (χ1) is 59.0. The predicted octanol–water partition coefficient (Wildman–Crippen LogP) is 10.5. The van der Waals surface area contributed by atoms with Crippen LogP contribution >= 0.6 is 0 Å². The summed E-state index contributed by atoms with van der Waals surface area (Å²) in [7, 11) is 15.6. The molecule has 4 aliphatic rings. The molecule has 12 N–H and O–H groups in total. The van der Waals surface area contributed by atoms with Gasteiger partial charge in [-0.25, -0.2) is 0 Å². The van der Waals surface area contributed by atoms with Crippen molar-refractivity contribution in [3.8, 4) is 23.0 Å². The lowest BCUT2D eigenvalue weighted by atomic mass is 9.81. The lowest BCUT2D eigenvalue weighted by Crippen LogP contribution is -2.26. The van der Waals surface area contributed by atoms with Gasteiger partial charge in [0.1, 0.15) is 23.0 Å². The van der Waals surface area contributed by atoms with Crippen molar-refractivity contribution in [3.63, 3.8) is 0 Å². The van der Waals surface area contributed by atoms with Gasteiger partial charge in [0.25, 0.3) is 0 Å². The van der Waals surface area contributed by atoms with Crippen LogP contribution in [0, 0.1) is 0 Å². The Morgan fingerprint density at radius 2 is 0.398 bits per heavy atom. The smallest absolute Gasteiger partial charge is 0.200 e. The molecule has 0 atom stereocenters. The standard InChI is InChI=1S/C46H56N6O11.C46H56N6O7.CH4/c1-51(2)19-17-49-29-9-13-33(55)41-37(29)45(59)39-31(53)11-7-27(35(39)43(41)57)47-15-5-21-61-23-25-63-26-24-62-22-6-16-48-28-8-12-32(54)40-36(28)44(58)42-34(56)14-10-30(38(42)46(40)60)50-18-20-52(3)4;1-51(2)23-21-49-37-17-7-13-33-41(37)45(55)31-11-5-15-35(39(31)43(33)53)47-19-9-25-57-27-29-59-30-28-58-26-10-20-48-36-16-6-12-32-40(36)44(54)34-14-8-18-38(42(34)46(32)56)50-22-24-52(3)4;/h7-14,47-50,53-56H,5-6,15-26H2,1-4H3;5-8,11-18,47-50H,9-10,19-30H2,1-4H3;1H4. The minimum atomic E-state index is -0.558. The van der Waals surface area contributed by atoms with Crippen LogP contribution in [0.15, 0.2) is 121 Å². The molecule has 0 saturated heterocycles. The van der Waals surface area contributed by atoms with Crippen molar-refractivity contribution in [2.45, 2.75) is 33.1 Å². The lowest BCUT2D eigenvalue weighted by molar-refractivity contribution is 0.0145. The third kappa shape index (κ3) is 23.2. The van der Waals surface area contributed by atoms with Gasteiger partial charge in [0.15, 0.2) is 23.1 Å². The molecule has 0 spiro atoms. The minimum absolute atomic E-state index is 0. The van der Waals surface area contributed by atoms with Crippen molar-refractivity contribution in [2.75, 3.05) is 257 Å². The number of anilines is 8. The largest absolute Gasteiger partial charge is 0.507 e. The van der Waals surface area contributed by atoms with Crippen LogP contribution in [0.2, 0.25) is 0 Å². The summed E-state index contributed by atoms with van der Waals surface area (Å²) in [5.74, 6) is -4.09. The second-order valence-corrected chi connectivity index (χ2v) is 30.8. The van der Waals surface area contributed by atoms with Crippen LogP contribution in [0.1, 0.15) is 160 Å². The monoisotopic (exact) mass is 1690 g/mol. The molecule has 0 fully saturated rings. The van der Waals surface area contributed by atoms with E-state index in [-0.39, 0.29) is 98.1 Å². The SMILES string of the molecule is C.CN(C)CCNc1ccc(O)c2c1C(=O)c1c(O)ccc(NCCCOCCOCCOCCCNc3ccc(O)c4c3C(=O)c3c(O)ccc(NCCN(C)C)c3C4=O)c1C2=O.CN(C)CCNc1cccc2c1C(=O)c1cccc(NCCCOCCOCCOCCCNc3cccc4c3C(=O)c3cccc(NCCN(C)C)c3C4=O)c1C2=O. The summed E-state index contributed by atoms with van der Waals surface area (Å²) in [5.41, 5.74) is 7.23. The van der Waals surface area contributed by atoms with Crippen LogP contribution in [-0.4, -0.2) is 300 Å². The quantitative estimate of drug-likeness (QED) is 0.0124. The van der Waals surface area contributed by atoms with E-state index in [0.29, 0.717) is 260 Å². The maximum atomic E-state index is 13.8. The average Bonchev–Trinajstić information content (AvgIpc) is 0.739. The zero-order chi connectivity index (χ0) is 86.9. The summed E-state index contributed by atoms with van der Waals surface area (Å²) in [6, 6.07) is 33.2. The molecule has 30 heteroatoms. The molecule has 8 aromatic rings. The van der Waals surface area contributed by atoms with E-state index in [0.717, 1.165) is 13.1 Å². The Morgan fingerprint density at radius 1 is 0.220 bits per heavy atom. The zero-order valence-electron chi connectivity index (χ0n) is 70.6. The molecule has 0 aliphatic heterocycles. The summed E-state index contributed by atoms with van der Waals surface area (Å²) in [4.78, 5) is 117. The van der Waals surface area contributed by atoms with Gasteiger partial charge in [0.05, 0.1) is 120 Å². The van der Waals surface area contributed by atoms with E-state index < -0.39 is 23.1 Å². The number of nitrogens with one attached hydrogen (secondary N) is 8. The van der Waals surface area contributed by atoms with Crippen LogP contribution in [0.5, 0.6) is 23.0 Å². The molecule has 0 bridgehead atoms. The van der Waals surface area contributed by atoms with E-state index in [1.165, 1.54) is 36.4 Å². The molecule has 0 aromatic heterocycles. The van der Waals surface area contributed by atoms with Crippen LogP contribution < -0.4 is 42.5 Å². The zero-order valence-corrected chi connectivity index (χ0v) is 70.6. The molecule has 8 aromatic carbocycles. The topological polar surface area (TPSA) is 382 Å². The number of ketones is 8. The molecule has 12 rings (SSSR count). The first-order valence-corrected chi connectivity index (χ1v) is 41.3. The van der Waals surface area contributed by atoms with Crippen LogP contribution in [-0.2, 0) is 28.4 Å². The van der Waals surface area contributed by atoms with Crippen LogP contribution in [0.4, 0.5) is 45.5 Å². The predicted molar refractivity (Wildman–Crippen MR) is 478 cm³/mol. The summed E-state index contributed by atoms with van der Waals surface area (Å²) < 4.78 is 34.1. The van der Waals surface area contributed by atoms with Crippen molar-refractivity contribution in [2.24, 2.45) is 0 Å². The molecule has 30 nitrogen and oxygen atoms in total. The fraction of sp³-hybridized carbons (Fsp3) is 0.398. The number of benzene rings is 8. The van der Waals surface area contributed by atoms with Crippen LogP contribution in [0.25, 0.3) is 0 Å². The molecular formula is C93H116N12O18. The number of phenolic OH excluding ortho intramolecular Hbond substituents is 4. The number of fused-ring (bicyclic) bond motifs is 8. The van der Waals surface area contributed by atoms with Gasteiger partial charge >= 0.3 is 0 Å². The van der Waals surface area contributed by atoms with Gasteiger partial charge in [0.2, 0.25) is 23.1 Å². The summed E-state index contributed by atoms with van der Waals surface area (Å²) in [5, 5.41) is 68.7. The summed E-state index contributed by atoms with van der Waals surface area (Å²) >= 11 is 0. The van der Waals surface area contributed by atoms with Gasteiger partial charge in [-0.15, -0.1) is 0 Å². The van der Waals surface area contributed by atoms with Gasteiger partial charge in [-0.05, 0) is 155 Å². The van der Waals surface area contributed by atoms with E-state index in [2.05, 4.69) is 52.3 Å². The molecule has 0 amide bonds. The van der Waals surface area contributed by atoms with Gasteiger partial charge in [-0.3, -0.25) is 38.4 Å². The van der Waals surface area contributed by atoms with Crippen LogP contribution in [0.3, 0.4) is 0 Å². The van der Waals surface area contributed by atoms with Gasteiger partial charge in [-0.1, -0.05) is 56.0 Å². The third-order valence-electron chi connectivity index (χ3n) is 20.8. The highest BCUT2D eigenvalue weighted by atomic mass is 16.5. The number of carbonyl (C=O) groups is 8. The van der Waals surface area contributed by atoms with Gasteiger partial charge < -0.3 is 111 Å². The Morgan fingerprint density at radius 3 is 0.593 bits per heavy atom. The second-order valence-electron chi connectivity index (χ2n) is 30.8. The molecule has 0 radical (unpaired) electrons. The third-order valence-corrected chi connectivity index (χ3v) is 20.8. The number of hydrogen-bond acceptors (Lipinski definition) is 30. The van der Waals surface area contributed by atoms with Crippen molar-refractivity contribution in [1.29, 1.82) is 0 Å². The van der Waals surface area contributed by atoms with Crippen molar-refractivity contribution in [1.82, 2.24) is 19.6 Å². The average molecular weight is 1690 g/mol. The summed E-state index contributed by atoms with van der Waals surface area (Å²) in [6.07, 6.45) is 2.55. The lowest BCUT2D eigenvalue weighted by Gasteiger charge is -2.24. The Balaban J connectivity index is 0.000000256.